The maximum absolute atomic E-state index is 13.2. The van der Waals surface area contributed by atoms with Crippen LogP contribution in [0.15, 0.2) is 35.5 Å². The van der Waals surface area contributed by atoms with Gasteiger partial charge >= 0.3 is 12.0 Å². The zero-order valence-corrected chi connectivity index (χ0v) is 17.0. The standard InChI is InChI=1S/C21H26N5O2/c1-6-15-9-7-8-10-16(15)26-14(4)12-24-17-18(22-20(24)26)23(5)21(28)25(19(17)27)11-13(2)3/h7-10,12-13,17H,6,11H2,1-5H3/q+1. The van der Waals surface area contributed by atoms with Gasteiger partial charge in [-0.2, -0.15) is 4.57 Å². The number of aryl methyl sites for hydroxylation is 2. The molecule has 1 fully saturated rings. The number of amidine groups is 1. The number of carbonyl (C=O) groups excluding carboxylic acids is 2. The van der Waals surface area contributed by atoms with Crippen LogP contribution in [-0.4, -0.2) is 45.7 Å². The summed E-state index contributed by atoms with van der Waals surface area (Å²) < 4.78 is 3.97. The van der Waals surface area contributed by atoms with Crippen molar-refractivity contribution >= 4 is 23.7 Å². The second kappa shape index (κ2) is 6.58. The Morgan fingerprint density at radius 3 is 2.61 bits per heavy atom. The number of aromatic nitrogens is 2. The van der Waals surface area contributed by atoms with Crippen LogP contribution in [0.2, 0.25) is 0 Å². The number of benzene rings is 1. The summed E-state index contributed by atoms with van der Waals surface area (Å²) >= 11 is 0. The molecule has 2 aromatic rings. The highest BCUT2D eigenvalue weighted by Crippen LogP contribution is 2.32. The van der Waals surface area contributed by atoms with Gasteiger partial charge in [0.05, 0.1) is 0 Å². The van der Waals surface area contributed by atoms with E-state index in [1.165, 1.54) is 15.4 Å². The predicted octanol–water partition coefficient (Wildman–Crippen LogP) is 2.77. The second-order valence-corrected chi connectivity index (χ2v) is 7.85. The number of imidazole rings is 1. The number of amides is 3. The van der Waals surface area contributed by atoms with Crippen LogP contribution in [0.5, 0.6) is 0 Å². The molecule has 2 aliphatic rings. The molecule has 0 spiro atoms. The van der Waals surface area contributed by atoms with Gasteiger partial charge in [0.2, 0.25) is 11.9 Å². The van der Waals surface area contributed by atoms with Crippen molar-refractivity contribution < 1.29 is 14.2 Å². The maximum Gasteiger partial charge on any atom is 0.406 e. The highest BCUT2D eigenvalue weighted by molar-refractivity contribution is 6.19. The molecule has 0 aliphatic carbocycles. The summed E-state index contributed by atoms with van der Waals surface area (Å²) in [6.07, 6.45) is 2.85. The summed E-state index contributed by atoms with van der Waals surface area (Å²) in [6.45, 7) is 8.54. The second-order valence-electron chi connectivity index (χ2n) is 7.85. The number of urea groups is 1. The van der Waals surface area contributed by atoms with Gasteiger partial charge in [0.25, 0.3) is 5.91 Å². The Hall–Kier alpha value is -2.96. The number of rotatable bonds is 4. The first-order chi connectivity index (χ1) is 13.3. The molecule has 3 amide bonds. The molecule has 1 aromatic carbocycles. The van der Waals surface area contributed by atoms with Crippen LogP contribution >= 0.6 is 0 Å². The number of nitrogens with zero attached hydrogens (tertiary/aromatic N) is 5. The molecule has 2 aliphatic heterocycles. The van der Waals surface area contributed by atoms with Crippen LogP contribution in [0.4, 0.5) is 10.7 Å². The molecule has 28 heavy (non-hydrogen) atoms. The lowest BCUT2D eigenvalue weighted by Crippen LogP contribution is -2.63. The maximum atomic E-state index is 13.2. The van der Waals surface area contributed by atoms with Crippen LogP contribution < -0.4 is 4.57 Å². The molecule has 1 atom stereocenters. The summed E-state index contributed by atoms with van der Waals surface area (Å²) in [5.41, 5.74) is 3.26. The van der Waals surface area contributed by atoms with Crippen molar-refractivity contribution in [1.82, 2.24) is 14.4 Å². The molecule has 3 heterocycles. The van der Waals surface area contributed by atoms with Gasteiger partial charge in [-0.05, 0) is 30.9 Å². The lowest BCUT2D eigenvalue weighted by molar-refractivity contribution is -0.676. The largest absolute Gasteiger partial charge is 0.406 e. The molecular weight excluding hydrogens is 354 g/mol. The smallest absolute Gasteiger partial charge is 0.270 e. The molecule has 7 nitrogen and oxygen atoms in total. The monoisotopic (exact) mass is 380 g/mol. The van der Waals surface area contributed by atoms with Crippen LogP contribution in [0.25, 0.3) is 5.69 Å². The molecular formula is C21H26N5O2+. The van der Waals surface area contributed by atoms with Crippen molar-refractivity contribution in [2.24, 2.45) is 10.9 Å². The number of imide groups is 1. The van der Waals surface area contributed by atoms with E-state index in [0.717, 1.165) is 17.8 Å². The number of aliphatic imine (C=N–C) groups is 1. The minimum absolute atomic E-state index is 0.202. The minimum Gasteiger partial charge on any atom is -0.270 e. The molecule has 1 aromatic heterocycles. The van der Waals surface area contributed by atoms with E-state index in [-0.39, 0.29) is 17.9 Å². The number of likely N-dealkylation sites (N-methyl/N-ethyl adjacent to an activating group) is 1. The predicted molar refractivity (Wildman–Crippen MR) is 106 cm³/mol. The van der Waals surface area contributed by atoms with Crippen molar-refractivity contribution in [3.05, 3.63) is 41.7 Å². The fourth-order valence-corrected chi connectivity index (χ4v) is 4.04. The Balaban J connectivity index is 1.86. The Morgan fingerprint density at radius 1 is 1.21 bits per heavy atom. The summed E-state index contributed by atoms with van der Waals surface area (Å²) in [5, 5.41) is 0. The van der Waals surface area contributed by atoms with Crippen molar-refractivity contribution in [3.8, 4) is 5.69 Å². The summed E-state index contributed by atoms with van der Waals surface area (Å²) in [5.74, 6) is 1.17. The van der Waals surface area contributed by atoms with E-state index in [9.17, 15) is 9.59 Å². The average molecular weight is 380 g/mol. The fraction of sp³-hybridized carbons (Fsp3) is 0.429. The molecule has 7 heteroatoms. The zero-order chi connectivity index (χ0) is 20.2. The first-order valence-corrected chi connectivity index (χ1v) is 9.74. The van der Waals surface area contributed by atoms with Gasteiger partial charge in [0.1, 0.15) is 17.6 Å². The van der Waals surface area contributed by atoms with Gasteiger partial charge in [-0.25, -0.2) is 9.36 Å². The van der Waals surface area contributed by atoms with Gasteiger partial charge in [-0.3, -0.25) is 14.6 Å². The molecule has 0 saturated carbocycles. The first-order valence-electron chi connectivity index (χ1n) is 9.74. The SMILES string of the molecule is CCc1ccccc1-n1c(C)c[n+]2c1N=C1C2C(=O)N(CC(C)C)C(=O)N1C. The van der Waals surface area contributed by atoms with Crippen LogP contribution in [0.1, 0.15) is 38.1 Å². The average Bonchev–Trinajstić information content (AvgIpc) is 3.17. The molecule has 4 rings (SSSR count). The van der Waals surface area contributed by atoms with E-state index < -0.39 is 6.04 Å². The normalized spacial score (nSPS) is 18.6. The van der Waals surface area contributed by atoms with Gasteiger partial charge in [0.15, 0.2) is 0 Å². The van der Waals surface area contributed by atoms with E-state index in [1.54, 1.807) is 7.05 Å². The molecule has 0 bridgehead atoms. The number of para-hydroxylation sites is 1. The van der Waals surface area contributed by atoms with E-state index in [1.807, 2.05) is 43.7 Å². The van der Waals surface area contributed by atoms with E-state index >= 15 is 0 Å². The van der Waals surface area contributed by atoms with Crippen molar-refractivity contribution in [2.75, 3.05) is 13.6 Å². The van der Waals surface area contributed by atoms with Crippen LogP contribution in [0.3, 0.4) is 0 Å². The summed E-state index contributed by atoms with van der Waals surface area (Å²) in [6, 6.07) is 7.30. The lowest BCUT2D eigenvalue weighted by atomic mass is 10.1. The molecule has 0 radical (unpaired) electrons. The Kier molecular flexibility index (Phi) is 4.33. The molecule has 0 N–H and O–H groups in total. The molecule has 146 valence electrons. The number of hydrogen-bond acceptors (Lipinski definition) is 3. The third-order valence-electron chi connectivity index (χ3n) is 5.37. The van der Waals surface area contributed by atoms with E-state index in [2.05, 4.69) is 23.6 Å². The lowest BCUT2D eigenvalue weighted by Gasteiger charge is -2.33. The summed E-state index contributed by atoms with van der Waals surface area (Å²) in [4.78, 5) is 33.6. The third-order valence-corrected chi connectivity index (χ3v) is 5.37. The highest BCUT2D eigenvalue weighted by Gasteiger charge is 2.53. The molecule has 1 unspecified atom stereocenters. The molecule has 1 saturated heterocycles. The quantitative estimate of drug-likeness (QED) is 0.766. The van der Waals surface area contributed by atoms with Gasteiger partial charge in [-0.15, -0.1) is 0 Å². The minimum atomic E-state index is -0.592. The van der Waals surface area contributed by atoms with Gasteiger partial charge < -0.3 is 0 Å². The Morgan fingerprint density at radius 2 is 1.93 bits per heavy atom. The number of hydrogen-bond donors (Lipinski definition) is 0. The third kappa shape index (κ3) is 2.57. The number of fused-ring (bicyclic) bond motifs is 3. The fourth-order valence-electron chi connectivity index (χ4n) is 4.04. The van der Waals surface area contributed by atoms with Gasteiger partial charge in [-0.1, -0.05) is 44.0 Å². The summed E-state index contributed by atoms with van der Waals surface area (Å²) in [7, 11) is 1.69. The van der Waals surface area contributed by atoms with E-state index in [4.69, 9.17) is 4.99 Å². The van der Waals surface area contributed by atoms with Crippen LogP contribution in [0, 0.1) is 12.8 Å². The highest BCUT2D eigenvalue weighted by atomic mass is 16.2. The van der Waals surface area contributed by atoms with Crippen molar-refractivity contribution in [2.45, 2.75) is 40.2 Å². The topological polar surface area (TPSA) is 61.8 Å². The van der Waals surface area contributed by atoms with Crippen molar-refractivity contribution in [1.29, 1.82) is 0 Å². The van der Waals surface area contributed by atoms with Crippen molar-refractivity contribution in [3.63, 3.8) is 0 Å². The van der Waals surface area contributed by atoms with Gasteiger partial charge in [0, 0.05) is 13.6 Å². The van der Waals surface area contributed by atoms with Crippen LogP contribution in [-0.2, 0) is 11.2 Å². The first kappa shape index (κ1) is 18.4. The number of carbonyl (C=O) groups is 2. The Labute approximate surface area is 164 Å². The Bertz CT molecular complexity index is 1000. The zero-order valence-electron chi connectivity index (χ0n) is 17.0. The van der Waals surface area contributed by atoms with E-state index in [0.29, 0.717) is 18.3 Å².